The van der Waals surface area contributed by atoms with Gasteiger partial charge in [0.25, 0.3) is 0 Å². The van der Waals surface area contributed by atoms with Crippen LogP contribution in [0.15, 0.2) is 0 Å². The van der Waals surface area contributed by atoms with Crippen LogP contribution in [0.3, 0.4) is 0 Å². The average molecular weight is 234 g/mol. The Morgan fingerprint density at radius 3 is 1.60 bits per heavy atom. The number of rotatable bonds is 4. The Kier molecular flexibility index (Phi) is 3.33. The first kappa shape index (κ1) is 12.0. The molecule has 0 aromatic heterocycles. The molecule has 15 heavy (non-hydrogen) atoms. The number of sulfone groups is 1. The third-order valence-electron chi connectivity index (χ3n) is 2.53. The van der Waals surface area contributed by atoms with Crippen molar-refractivity contribution in [2.45, 2.75) is 12.8 Å². The number of amides is 2. The summed E-state index contributed by atoms with van der Waals surface area (Å²) in [4.78, 5) is 21.4. The van der Waals surface area contributed by atoms with Crippen LogP contribution in [0.1, 0.15) is 12.8 Å². The van der Waals surface area contributed by atoms with E-state index >= 15 is 0 Å². The van der Waals surface area contributed by atoms with Gasteiger partial charge in [0.1, 0.15) is 0 Å². The predicted molar refractivity (Wildman–Crippen MR) is 53.3 cm³/mol. The van der Waals surface area contributed by atoms with Crippen LogP contribution in [0.5, 0.6) is 0 Å². The fraction of sp³-hybridized carbons (Fsp3) is 0.750. The van der Waals surface area contributed by atoms with Crippen LogP contribution >= 0.6 is 0 Å². The molecule has 2 atom stereocenters. The summed E-state index contributed by atoms with van der Waals surface area (Å²) in [7, 11) is -3.15. The van der Waals surface area contributed by atoms with Crippen LogP contribution in [-0.4, -0.2) is 31.7 Å². The summed E-state index contributed by atoms with van der Waals surface area (Å²) in [6.45, 7) is 0. The summed E-state index contributed by atoms with van der Waals surface area (Å²) in [6.07, 6.45) is -0.00560. The van der Waals surface area contributed by atoms with E-state index in [1.165, 1.54) is 0 Å². The quantitative estimate of drug-likeness (QED) is 0.608. The topological polar surface area (TPSA) is 120 Å². The first-order valence-corrected chi connectivity index (χ1v) is 6.39. The Bertz CT molecular complexity index is 346. The Balaban J connectivity index is 2.74. The van der Waals surface area contributed by atoms with E-state index in [-0.39, 0.29) is 36.2 Å². The minimum absolute atomic E-state index is 0.00280. The van der Waals surface area contributed by atoms with Crippen LogP contribution in [0.25, 0.3) is 0 Å². The Morgan fingerprint density at radius 1 is 1.00 bits per heavy atom. The number of nitrogens with two attached hydrogens (primary N) is 2. The normalized spacial score (nSPS) is 28.8. The number of carbonyl (C=O) groups excluding carboxylic acids is 2. The zero-order valence-electron chi connectivity index (χ0n) is 8.18. The Labute approximate surface area is 87.9 Å². The van der Waals surface area contributed by atoms with Gasteiger partial charge in [0.05, 0.1) is 11.5 Å². The van der Waals surface area contributed by atoms with Gasteiger partial charge in [-0.2, -0.15) is 0 Å². The molecule has 1 rings (SSSR count). The summed E-state index contributed by atoms with van der Waals surface area (Å²) < 4.78 is 22.6. The smallest absolute Gasteiger partial charge is 0.217 e. The molecule has 4 N–H and O–H groups in total. The Morgan fingerprint density at radius 2 is 1.33 bits per heavy atom. The van der Waals surface area contributed by atoms with Crippen LogP contribution < -0.4 is 11.5 Å². The maximum Gasteiger partial charge on any atom is 0.217 e. The van der Waals surface area contributed by atoms with E-state index < -0.39 is 21.7 Å². The van der Waals surface area contributed by atoms with E-state index in [1.807, 2.05) is 0 Å². The van der Waals surface area contributed by atoms with Crippen LogP contribution in [0, 0.1) is 11.8 Å². The molecule has 0 aromatic carbocycles. The molecule has 2 amide bonds. The van der Waals surface area contributed by atoms with Gasteiger partial charge in [-0.15, -0.1) is 0 Å². The molecule has 1 saturated heterocycles. The van der Waals surface area contributed by atoms with Crippen molar-refractivity contribution in [3.63, 3.8) is 0 Å². The summed E-state index contributed by atoms with van der Waals surface area (Å²) in [5.41, 5.74) is 10.0. The molecule has 1 fully saturated rings. The number of primary amides is 2. The van der Waals surface area contributed by atoms with Crippen molar-refractivity contribution in [1.82, 2.24) is 0 Å². The highest BCUT2D eigenvalue weighted by Gasteiger charge is 2.38. The van der Waals surface area contributed by atoms with Gasteiger partial charge in [0.15, 0.2) is 9.84 Å². The van der Waals surface area contributed by atoms with Gasteiger partial charge in [-0.1, -0.05) is 0 Å². The molecule has 6 nitrogen and oxygen atoms in total. The third-order valence-corrected chi connectivity index (χ3v) is 4.40. The van der Waals surface area contributed by atoms with Gasteiger partial charge in [0, 0.05) is 12.8 Å². The zero-order chi connectivity index (χ0) is 11.6. The molecule has 0 saturated carbocycles. The molecule has 0 spiro atoms. The van der Waals surface area contributed by atoms with Crippen molar-refractivity contribution in [1.29, 1.82) is 0 Å². The molecule has 1 aliphatic heterocycles. The third kappa shape index (κ3) is 3.50. The van der Waals surface area contributed by atoms with Crippen molar-refractivity contribution >= 4 is 21.7 Å². The largest absolute Gasteiger partial charge is 0.370 e. The maximum atomic E-state index is 11.3. The second-order valence-corrected chi connectivity index (χ2v) is 6.09. The molecular formula is C8H14N2O4S. The number of hydrogen-bond acceptors (Lipinski definition) is 4. The molecule has 0 radical (unpaired) electrons. The zero-order valence-corrected chi connectivity index (χ0v) is 9.00. The van der Waals surface area contributed by atoms with E-state index in [2.05, 4.69) is 0 Å². The highest BCUT2D eigenvalue weighted by atomic mass is 32.2. The number of hydrogen-bond donors (Lipinski definition) is 2. The maximum absolute atomic E-state index is 11.3. The van der Waals surface area contributed by atoms with Gasteiger partial charge < -0.3 is 11.5 Å². The lowest BCUT2D eigenvalue weighted by atomic mass is 9.90. The van der Waals surface area contributed by atoms with Gasteiger partial charge in [-0.25, -0.2) is 8.42 Å². The van der Waals surface area contributed by atoms with Crippen molar-refractivity contribution in [2.24, 2.45) is 23.3 Å². The molecule has 0 aliphatic carbocycles. The summed E-state index contributed by atoms with van der Waals surface area (Å²) in [5, 5.41) is 0. The van der Waals surface area contributed by atoms with E-state index in [0.29, 0.717) is 0 Å². The van der Waals surface area contributed by atoms with Gasteiger partial charge in [-0.05, 0) is 11.8 Å². The average Bonchev–Trinajstić information content (AvgIpc) is 2.22. The lowest BCUT2D eigenvalue weighted by Gasteiger charge is -2.13. The van der Waals surface area contributed by atoms with Crippen molar-refractivity contribution in [3.05, 3.63) is 0 Å². The van der Waals surface area contributed by atoms with Crippen LogP contribution in [0.4, 0.5) is 0 Å². The SMILES string of the molecule is NC(=O)CC1CS(=O)(=O)CC1CC(N)=O. The first-order chi connectivity index (χ1) is 6.80. The minimum Gasteiger partial charge on any atom is -0.370 e. The van der Waals surface area contributed by atoms with Crippen molar-refractivity contribution in [2.75, 3.05) is 11.5 Å². The number of carbonyl (C=O) groups is 2. The lowest BCUT2D eigenvalue weighted by Crippen LogP contribution is -2.25. The van der Waals surface area contributed by atoms with E-state index in [1.54, 1.807) is 0 Å². The minimum atomic E-state index is -3.15. The molecule has 0 aromatic rings. The van der Waals surface area contributed by atoms with Crippen molar-refractivity contribution in [3.8, 4) is 0 Å². The molecule has 2 unspecified atom stereocenters. The van der Waals surface area contributed by atoms with Crippen LogP contribution in [-0.2, 0) is 19.4 Å². The second-order valence-electron chi connectivity index (χ2n) is 3.94. The predicted octanol–water partition coefficient (Wildman–Crippen LogP) is -1.60. The summed E-state index contributed by atoms with van der Waals surface area (Å²) in [6, 6.07) is 0. The van der Waals surface area contributed by atoms with Gasteiger partial charge >= 0.3 is 0 Å². The Hall–Kier alpha value is -1.11. The van der Waals surface area contributed by atoms with Crippen molar-refractivity contribution < 1.29 is 18.0 Å². The van der Waals surface area contributed by atoms with Gasteiger partial charge in [-0.3, -0.25) is 9.59 Å². The first-order valence-electron chi connectivity index (χ1n) is 4.57. The molecule has 0 bridgehead atoms. The highest BCUT2D eigenvalue weighted by molar-refractivity contribution is 7.91. The standard InChI is InChI=1S/C8H14N2O4S/c9-7(11)1-5-3-15(13,14)4-6(5)2-8(10)12/h5-6H,1-4H2,(H2,9,11)(H2,10,12). The summed E-state index contributed by atoms with van der Waals surface area (Å²) >= 11 is 0. The van der Waals surface area contributed by atoms with E-state index in [4.69, 9.17) is 11.5 Å². The monoisotopic (exact) mass is 234 g/mol. The lowest BCUT2D eigenvalue weighted by molar-refractivity contribution is -0.121. The highest BCUT2D eigenvalue weighted by Crippen LogP contribution is 2.30. The second kappa shape index (κ2) is 4.18. The molecule has 1 heterocycles. The molecule has 7 heteroatoms. The van der Waals surface area contributed by atoms with E-state index in [9.17, 15) is 18.0 Å². The summed E-state index contributed by atoms with van der Waals surface area (Å²) in [5.74, 6) is -1.97. The van der Waals surface area contributed by atoms with E-state index in [0.717, 1.165) is 0 Å². The van der Waals surface area contributed by atoms with Crippen LogP contribution in [0.2, 0.25) is 0 Å². The molecule has 1 aliphatic rings. The molecular weight excluding hydrogens is 220 g/mol. The fourth-order valence-corrected chi connectivity index (χ4v) is 4.18. The fourth-order valence-electron chi connectivity index (χ4n) is 1.96. The van der Waals surface area contributed by atoms with Gasteiger partial charge in [0.2, 0.25) is 11.8 Å². The molecule has 86 valence electrons.